The molecule has 1 aliphatic heterocycles. The van der Waals surface area contributed by atoms with E-state index in [1.165, 1.54) is 6.42 Å². The third kappa shape index (κ3) is 1.71. The van der Waals surface area contributed by atoms with E-state index in [4.69, 9.17) is 11.5 Å². The summed E-state index contributed by atoms with van der Waals surface area (Å²) in [4.78, 5) is 10.2. The van der Waals surface area contributed by atoms with Crippen molar-refractivity contribution < 1.29 is 0 Å². The molecule has 5 nitrogen and oxygen atoms in total. The summed E-state index contributed by atoms with van der Waals surface area (Å²) in [5.41, 5.74) is 11.1. The van der Waals surface area contributed by atoms with Crippen molar-refractivity contribution in [3.8, 4) is 0 Å². The van der Waals surface area contributed by atoms with Crippen molar-refractivity contribution in [3.05, 3.63) is 6.07 Å². The van der Waals surface area contributed by atoms with Crippen molar-refractivity contribution in [3.63, 3.8) is 0 Å². The van der Waals surface area contributed by atoms with Crippen molar-refractivity contribution >= 4 is 17.6 Å². The molecule has 0 radical (unpaired) electrons. The number of hydrogen-bond acceptors (Lipinski definition) is 5. The van der Waals surface area contributed by atoms with Crippen molar-refractivity contribution in [1.29, 1.82) is 0 Å². The van der Waals surface area contributed by atoms with Crippen LogP contribution in [0.3, 0.4) is 0 Å². The molecule has 1 unspecified atom stereocenters. The van der Waals surface area contributed by atoms with Crippen LogP contribution in [0.2, 0.25) is 0 Å². The molecule has 4 N–H and O–H groups in total. The van der Waals surface area contributed by atoms with E-state index in [9.17, 15) is 0 Å². The van der Waals surface area contributed by atoms with E-state index in [-0.39, 0.29) is 5.95 Å². The monoisotopic (exact) mass is 193 g/mol. The average molecular weight is 193 g/mol. The molecular formula is C9H15N5. The summed E-state index contributed by atoms with van der Waals surface area (Å²) < 4.78 is 0. The third-order valence-corrected chi connectivity index (χ3v) is 2.50. The van der Waals surface area contributed by atoms with Gasteiger partial charge < -0.3 is 16.4 Å². The number of nitrogen functional groups attached to an aromatic ring is 2. The smallest absolute Gasteiger partial charge is 0.223 e. The molecule has 0 aliphatic carbocycles. The molecule has 1 saturated heterocycles. The molecule has 14 heavy (non-hydrogen) atoms. The quantitative estimate of drug-likeness (QED) is 0.678. The maximum absolute atomic E-state index is 5.60. The van der Waals surface area contributed by atoms with Gasteiger partial charge in [0.25, 0.3) is 0 Å². The Labute approximate surface area is 83.1 Å². The van der Waals surface area contributed by atoms with E-state index in [1.54, 1.807) is 6.07 Å². The van der Waals surface area contributed by atoms with Gasteiger partial charge in [-0.05, 0) is 12.3 Å². The van der Waals surface area contributed by atoms with E-state index >= 15 is 0 Å². The number of hydrogen-bond donors (Lipinski definition) is 2. The van der Waals surface area contributed by atoms with Crippen LogP contribution in [0, 0.1) is 5.92 Å². The summed E-state index contributed by atoms with van der Waals surface area (Å²) in [7, 11) is 0. The number of anilines is 3. The molecule has 1 fully saturated rings. The van der Waals surface area contributed by atoms with E-state index in [0.29, 0.717) is 11.7 Å². The second-order valence-corrected chi connectivity index (χ2v) is 3.85. The van der Waals surface area contributed by atoms with E-state index in [1.807, 2.05) is 0 Å². The number of rotatable bonds is 1. The minimum absolute atomic E-state index is 0.250. The number of aromatic nitrogens is 2. The first kappa shape index (κ1) is 9.05. The largest absolute Gasteiger partial charge is 0.383 e. The van der Waals surface area contributed by atoms with Gasteiger partial charge in [-0.3, -0.25) is 0 Å². The molecule has 1 atom stereocenters. The van der Waals surface area contributed by atoms with Gasteiger partial charge in [-0.1, -0.05) is 6.92 Å². The Morgan fingerprint density at radius 3 is 2.79 bits per heavy atom. The van der Waals surface area contributed by atoms with Gasteiger partial charge in [0.05, 0.1) is 0 Å². The maximum atomic E-state index is 5.60. The molecule has 1 aromatic rings. The van der Waals surface area contributed by atoms with Crippen molar-refractivity contribution in [1.82, 2.24) is 9.97 Å². The Morgan fingerprint density at radius 1 is 1.43 bits per heavy atom. The molecule has 2 heterocycles. The van der Waals surface area contributed by atoms with Crippen molar-refractivity contribution in [2.75, 3.05) is 29.5 Å². The lowest BCUT2D eigenvalue weighted by Gasteiger charge is -2.17. The van der Waals surface area contributed by atoms with Crippen LogP contribution in [-0.4, -0.2) is 23.1 Å². The van der Waals surface area contributed by atoms with Gasteiger partial charge in [0.2, 0.25) is 5.95 Å². The maximum Gasteiger partial charge on any atom is 0.223 e. The Hall–Kier alpha value is -1.52. The fourth-order valence-electron chi connectivity index (χ4n) is 1.78. The van der Waals surface area contributed by atoms with Gasteiger partial charge >= 0.3 is 0 Å². The Morgan fingerprint density at radius 2 is 2.21 bits per heavy atom. The van der Waals surface area contributed by atoms with Crippen LogP contribution < -0.4 is 16.4 Å². The molecular weight excluding hydrogens is 178 g/mol. The predicted molar refractivity (Wildman–Crippen MR) is 56.9 cm³/mol. The van der Waals surface area contributed by atoms with E-state index in [2.05, 4.69) is 21.8 Å². The van der Waals surface area contributed by atoms with Gasteiger partial charge in [0.15, 0.2) is 0 Å². The average Bonchev–Trinajstić information content (AvgIpc) is 2.50. The standard InChI is InChI=1S/C9H15N5/c1-6-2-3-14(5-6)8-4-7(10)12-9(11)13-8/h4,6H,2-3,5H2,1H3,(H4,10,11,12,13). The van der Waals surface area contributed by atoms with E-state index < -0.39 is 0 Å². The molecule has 1 aliphatic rings. The SMILES string of the molecule is CC1CCN(c2cc(N)nc(N)n2)C1. The highest BCUT2D eigenvalue weighted by Crippen LogP contribution is 2.22. The summed E-state index contributed by atoms with van der Waals surface area (Å²) >= 11 is 0. The first-order chi connectivity index (χ1) is 6.65. The lowest BCUT2D eigenvalue weighted by atomic mass is 10.2. The third-order valence-electron chi connectivity index (χ3n) is 2.50. The van der Waals surface area contributed by atoms with Crippen LogP contribution in [0.4, 0.5) is 17.6 Å². The number of nitrogens with two attached hydrogens (primary N) is 2. The molecule has 0 saturated carbocycles. The van der Waals surface area contributed by atoms with Crippen LogP contribution in [0.5, 0.6) is 0 Å². The zero-order chi connectivity index (χ0) is 10.1. The molecule has 0 aromatic carbocycles. The number of nitrogens with zero attached hydrogens (tertiary/aromatic N) is 3. The fourth-order valence-corrected chi connectivity index (χ4v) is 1.78. The Balaban J connectivity index is 2.23. The van der Waals surface area contributed by atoms with Crippen molar-refractivity contribution in [2.45, 2.75) is 13.3 Å². The predicted octanol–water partition coefficient (Wildman–Crippen LogP) is 0.487. The first-order valence-electron chi connectivity index (χ1n) is 4.80. The van der Waals surface area contributed by atoms with Crippen LogP contribution in [-0.2, 0) is 0 Å². The fraction of sp³-hybridized carbons (Fsp3) is 0.556. The summed E-state index contributed by atoms with van der Waals surface area (Å²) in [5.74, 6) is 2.25. The van der Waals surface area contributed by atoms with Gasteiger partial charge in [-0.25, -0.2) is 0 Å². The lowest BCUT2D eigenvalue weighted by molar-refractivity contribution is 0.659. The molecule has 76 valence electrons. The van der Waals surface area contributed by atoms with Gasteiger partial charge in [-0.15, -0.1) is 0 Å². The highest BCUT2D eigenvalue weighted by molar-refractivity contribution is 5.50. The Kier molecular flexibility index (Phi) is 2.15. The van der Waals surface area contributed by atoms with E-state index in [0.717, 1.165) is 18.9 Å². The molecule has 1 aromatic heterocycles. The van der Waals surface area contributed by atoms with Crippen molar-refractivity contribution in [2.24, 2.45) is 5.92 Å². The molecule has 0 amide bonds. The van der Waals surface area contributed by atoms with Crippen LogP contribution in [0.25, 0.3) is 0 Å². The minimum atomic E-state index is 0.250. The molecule has 5 heteroatoms. The van der Waals surface area contributed by atoms with Gasteiger partial charge in [0, 0.05) is 19.2 Å². The lowest BCUT2D eigenvalue weighted by Crippen LogP contribution is -2.21. The normalized spacial score (nSPS) is 21.5. The molecule has 0 spiro atoms. The first-order valence-corrected chi connectivity index (χ1v) is 4.80. The second kappa shape index (κ2) is 3.32. The highest BCUT2D eigenvalue weighted by Gasteiger charge is 2.20. The minimum Gasteiger partial charge on any atom is -0.383 e. The van der Waals surface area contributed by atoms with Gasteiger partial charge in [-0.2, -0.15) is 9.97 Å². The summed E-state index contributed by atoms with van der Waals surface area (Å²) in [6, 6.07) is 1.77. The summed E-state index contributed by atoms with van der Waals surface area (Å²) in [6.07, 6.45) is 1.20. The summed E-state index contributed by atoms with van der Waals surface area (Å²) in [5, 5.41) is 0. The molecule has 2 rings (SSSR count). The van der Waals surface area contributed by atoms with Gasteiger partial charge in [0.1, 0.15) is 11.6 Å². The molecule has 0 bridgehead atoms. The second-order valence-electron chi connectivity index (χ2n) is 3.85. The zero-order valence-corrected chi connectivity index (χ0v) is 8.27. The Bertz CT molecular complexity index is 318. The topological polar surface area (TPSA) is 81.1 Å². The van der Waals surface area contributed by atoms with Crippen LogP contribution >= 0.6 is 0 Å². The zero-order valence-electron chi connectivity index (χ0n) is 8.27. The highest BCUT2D eigenvalue weighted by atomic mass is 15.2. The van der Waals surface area contributed by atoms with Crippen LogP contribution in [0.1, 0.15) is 13.3 Å². The summed E-state index contributed by atoms with van der Waals surface area (Å²) in [6.45, 7) is 4.28. The van der Waals surface area contributed by atoms with Crippen LogP contribution in [0.15, 0.2) is 6.07 Å².